The maximum absolute atomic E-state index is 12.9. The van der Waals surface area contributed by atoms with Crippen LogP contribution < -0.4 is 9.80 Å². The van der Waals surface area contributed by atoms with E-state index in [1.54, 1.807) is 4.90 Å². The van der Waals surface area contributed by atoms with Crippen molar-refractivity contribution in [2.45, 2.75) is 6.92 Å². The third-order valence-electron chi connectivity index (χ3n) is 4.78. The second-order valence-corrected chi connectivity index (χ2v) is 8.52. The fourth-order valence-corrected chi connectivity index (χ4v) is 4.50. The number of thioether (sulfide) groups is 1. The molecule has 1 fully saturated rings. The van der Waals surface area contributed by atoms with E-state index in [2.05, 4.69) is 29.2 Å². The van der Waals surface area contributed by atoms with Crippen LogP contribution in [0.1, 0.15) is 11.1 Å². The minimum atomic E-state index is -0.0731. The molecule has 5 heteroatoms. The molecule has 1 aliphatic rings. The Morgan fingerprint density at radius 3 is 2.31 bits per heavy atom. The molecule has 1 aliphatic heterocycles. The smallest absolute Gasteiger partial charge is 0.270 e. The zero-order valence-corrected chi connectivity index (χ0v) is 17.8. The second kappa shape index (κ2) is 8.23. The highest BCUT2D eigenvalue weighted by Crippen LogP contribution is 2.36. The van der Waals surface area contributed by atoms with Gasteiger partial charge in [-0.25, -0.2) is 0 Å². The fraction of sp³-hybridized carbons (Fsp3) is 0.0833. The van der Waals surface area contributed by atoms with Gasteiger partial charge in [0.25, 0.3) is 5.91 Å². The van der Waals surface area contributed by atoms with Gasteiger partial charge in [-0.2, -0.15) is 0 Å². The summed E-state index contributed by atoms with van der Waals surface area (Å²) in [4.78, 5) is 17.3. The van der Waals surface area contributed by atoms with Gasteiger partial charge in [0, 0.05) is 18.4 Å². The number of carbonyl (C=O) groups is 1. The van der Waals surface area contributed by atoms with E-state index in [1.165, 1.54) is 11.8 Å². The van der Waals surface area contributed by atoms with Crippen molar-refractivity contribution in [3.8, 4) is 0 Å². The number of para-hydroxylation sites is 1. The number of nitrogens with zero attached hydrogens (tertiary/aromatic N) is 2. The van der Waals surface area contributed by atoms with Gasteiger partial charge in [0.2, 0.25) is 0 Å². The molecule has 1 amide bonds. The molecule has 0 spiro atoms. The molecule has 0 atom stereocenters. The van der Waals surface area contributed by atoms with Gasteiger partial charge in [0.05, 0.1) is 10.6 Å². The van der Waals surface area contributed by atoms with Crippen molar-refractivity contribution in [2.24, 2.45) is 0 Å². The van der Waals surface area contributed by atoms with E-state index in [1.807, 2.05) is 74.6 Å². The van der Waals surface area contributed by atoms with E-state index in [9.17, 15) is 4.79 Å². The summed E-state index contributed by atoms with van der Waals surface area (Å²) in [6.07, 6.45) is 1.90. The maximum Gasteiger partial charge on any atom is 0.270 e. The molecule has 3 aromatic carbocycles. The van der Waals surface area contributed by atoms with Crippen molar-refractivity contribution in [1.82, 2.24) is 0 Å². The fourth-order valence-electron chi connectivity index (χ4n) is 3.20. The molecule has 0 aliphatic carbocycles. The van der Waals surface area contributed by atoms with Gasteiger partial charge in [0.1, 0.15) is 0 Å². The number of amides is 1. The predicted octanol–water partition coefficient (Wildman–Crippen LogP) is 6.17. The van der Waals surface area contributed by atoms with Gasteiger partial charge >= 0.3 is 0 Å². The molecule has 0 bridgehead atoms. The van der Waals surface area contributed by atoms with Crippen molar-refractivity contribution in [3.05, 3.63) is 94.9 Å². The number of anilines is 3. The third kappa shape index (κ3) is 4.11. The molecule has 1 saturated heterocycles. The van der Waals surface area contributed by atoms with Crippen molar-refractivity contribution < 1.29 is 4.79 Å². The first-order valence-electron chi connectivity index (χ1n) is 9.26. The van der Waals surface area contributed by atoms with Crippen LogP contribution in [-0.2, 0) is 4.79 Å². The van der Waals surface area contributed by atoms with Crippen LogP contribution in [-0.4, -0.2) is 17.3 Å². The number of thiocarbonyl (C=S) groups is 1. The Balaban J connectivity index is 1.55. The van der Waals surface area contributed by atoms with Gasteiger partial charge in [-0.05, 0) is 60.5 Å². The summed E-state index contributed by atoms with van der Waals surface area (Å²) in [6, 6.07) is 26.2. The van der Waals surface area contributed by atoms with Gasteiger partial charge in [-0.1, -0.05) is 66.4 Å². The molecular weight excluding hydrogens is 396 g/mol. The number of aryl methyl sites for hydroxylation is 1. The molecular formula is C24H20N2OS2. The molecule has 1 heterocycles. The van der Waals surface area contributed by atoms with Gasteiger partial charge < -0.3 is 4.90 Å². The zero-order chi connectivity index (χ0) is 20.4. The van der Waals surface area contributed by atoms with Crippen LogP contribution in [0.15, 0.2) is 83.8 Å². The molecule has 29 heavy (non-hydrogen) atoms. The Hall–Kier alpha value is -2.89. The van der Waals surface area contributed by atoms with E-state index < -0.39 is 0 Å². The number of carbonyl (C=O) groups excluding carboxylic acids is 1. The van der Waals surface area contributed by atoms with E-state index in [-0.39, 0.29) is 5.91 Å². The van der Waals surface area contributed by atoms with Gasteiger partial charge in [-0.15, -0.1) is 0 Å². The summed E-state index contributed by atoms with van der Waals surface area (Å²) >= 11 is 6.81. The molecule has 3 aromatic rings. The monoisotopic (exact) mass is 416 g/mol. The second-order valence-electron chi connectivity index (χ2n) is 6.84. The molecule has 0 radical (unpaired) electrons. The lowest BCUT2D eigenvalue weighted by Crippen LogP contribution is -2.27. The molecule has 0 unspecified atom stereocenters. The van der Waals surface area contributed by atoms with Gasteiger partial charge in [-0.3, -0.25) is 9.69 Å². The van der Waals surface area contributed by atoms with Crippen LogP contribution in [0.4, 0.5) is 17.1 Å². The first-order valence-corrected chi connectivity index (χ1v) is 10.5. The minimum Gasteiger partial charge on any atom is -0.345 e. The maximum atomic E-state index is 12.9. The number of hydrogen-bond acceptors (Lipinski definition) is 4. The number of hydrogen-bond donors (Lipinski definition) is 0. The zero-order valence-electron chi connectivity index (χ0n) is 16.2. The SMILES string of the molecule is Cc1cccc(N2C(=O)/C(=C\c3ccc(N(C)c4ccccc4)cc3)SC2=S)c1. The Labute approximate surface area is 180 Å². The average molecular weight is 417 g/mol. The number of rotatable bonds is 4. The molecule has 0 aromatic heterocycles. The Kier molecular flexibility index (Phi) is 5.51. The Bertz CT molecular complexity index is 1090. The number of benzene rings is 3. The van der Waals surface area contributed by atoms with E-state index in [4.69, 9.17) is 12.2 Å². The van der Waals surface area contributed by atoms with Crippen LogP contribution in [0.3, 0.4) is 0 Å². The highest BCUT2D eigenvalue weighted by atomic mass is 32.2. The molecule has 144 valence electrons. The van der Waals surface area contributed by atoms with Gasteiger partial charge in [0.15, 0.2) is 4.32 Å². The lowest BCUT2D eigenvalue weighted by atomic mass is 10.1. The molecule has 4 rings (SSSR count). The lowest BCUT2D eigenvalue weighted by Gasteiger charge is -2.19. The largest absolute Gasteiger partial charge is 0.345 e. The van der Waals surface area contributed by atoms with Crippen molar-refractivity contribution in [2.75, 3.05) is 16.8 Å². The van der Waals surface area contributed by atoms with Crippen LogP contribution in [0.5, 0.6) is 0 Å². The van der Waals surface area contributed by atoms with Crippen LogP contribution in [0.25, 0.3) is 6.08 Å². The molecule has 3 nitrogen and oxygen atoms in total. The summed E-state index contributed by atoms with van der Waals surface area (Å²) in [7, 11) is 2.04. The first kappa shape index (κ1) is 19.4. The summed E-state index contributed by atoms with van der Waals surface area (Å²) in [5.41, 5.74) is 5.09. The third-order valence-corrected chi connectivity index (χ3v) is 6.08. The lowest BCUT2D eigenvalue weighted by molar-refractivity contribution is -0.113. The average Bonchev–Trinajstić information content (AvgIpc) is 3.01. The van der Waals surface area contributed by atoms with Crippen LogP contribution in [0, 0.1) is 6.92 Å². The summed E-state index contributed by atoms with van der Waals surface area (Å²) < 4.78 is 0.562. The van der Waals surface area contributed by atoms with Crippen LogP contribution >= 0.6 is 24.0 Å². The topological polar surface area (TPSA) is 23.6 Å². The molecule has 0 saturated carbocycles. The standard InChI is InChI=1S/C24H20N2OS2/c1-17-7-6-10-21(15-17)26-23(27)22(29-24(26)28)16-18-11-13-20(14-12-18)25(2)19-8-4-3-5-9-19/h3-16H,1-2H3/b22-16+. The summed E-state index contributed by atoms with van der Waals surface area (Å²) in [5.74, 6) is -0.0731. The Morgan fingerprint density at radius 2 is 1.62 bits per heavy atom. The predicted molar refractivity (Wildman–Crippen MR) is 128 cm³/mol. The quantitative estimate of drug-likeness (QED) is 0.375. The van der Waals surface area contributed by atoms with E-state index in [0.29, 0.717) is 9.23 Å². The van der Waals surface area contributed by atoms with E-state index >= 15 is 0 Å². The Morgan fingerprint density at radius 1 is 0.931 bits per heavy atom. The molecule has 0 N–H and O–H groups in total. The highest BCUT2D eigenvalue weighted by molar-refractivity contribution is 8.27. The normalized spacial score (nSPS) is 15.2. The first-order chi connectivity index (χ1) is 14.0. The van der Waals surface area contributed by atoms with Crippen LogP contribution in [0.2, 0.25) is 0 Å². The van der Waals surface area contributed by atoms with Crippen molar-refractivity contribution in [3.63, 3.8) is 0 Å². The van der Waals surface area contributed by atoms with Crippen molar-refractivity contribution >= 4 is 57.3 Å². The highest BCUT2D eigenvalue weighted by Gasteiger charge is 2.33. The summed E-state index contributed by atoms with van der Waals surface area (Å²) in [5, 5.41) is 0. The minimum absolute atomic E-state index is 0.0731. The summed E-state index contributed by atoms with van der Waals surface area (Å²) in [6.45, 7) is 2.00. The van der Waals surface area contributed by atoms with Crippen molar-refractivity contribution in [1.29, 1.82) is 0 Å². The van der Waals surface area contributed by atoms with E-state index in [0.717, 1.165) is 28.2 Å².